The molecule has 0 aliphatic carbocycles. The molecule has 0 amide bonds. The van der Waals surface area contributed by atoms with E-state index in [2.05, 4.69) is 26.0 Å². The van der Waals surface area contributed by atoms with Gasteiger partial charge in [-0.1, -0.05) is 6.07 Å². The first kappa shape index (κ1) is 12.1. The summed E-state index contributed by atoms with van der Waals surface area (Å²) in [6.07, 6.45) is 1.84. The topological polar surface area (TPSA) is 39.9 Å². The molecule has 0 saturated carbocycles. The van der Waals surface area contributed by atoms with Gasteiger partial charge in [0.15, 0.2) is 5.82 Å². The third-order valence-electron chi connectivity index (χ3n) is 2.23. The summed E-state index contributed by atoms with van der Waals surface area (Å²) in [7, 11) is 0. The number of ether oxygens (including phenoxy) is 1. The molecule has 0 aliphatic heterocycles. The Morgan fingerprint density at radius 3 is 2.71 bits per heavy atom. The summed E-state index contributed by atoms with van der Waals surface area (Å²) in [4.78, 5) is 4.27. The number of nitrogens with zero attached hydrogens (tertiary/aromatic N) is 3. The van der Waals surface area contributed by atoms with Crippen LogP contribution in [0.25, 0.3) is 5.82 Å². The van der Waals surface area contributed by atoms with Gasteiger partial charge in [-0.05, 0) is 48.8 Å². The maximum atomic E-state index is 5.62. The van der Waals surface area contributed by atoms with Crippen LogP contribution in [0, 0.1) is 6.92 Å². The molecule has 0 bridgehead atoms. The Labute approximate surface area is 109 Å². The van der Waals surface area contributed by atoms with Gasteiger partial charge in [-0.25, -0.2) is 9.67 Å². The number of halogens is 1. The number of rotatable bonds is 3. The molecule has 0 radical (unpaired) electrons. The Balaban J connectivity index is 2.43. The summed E-state index contributed by atoms with van der Waals surface area (Å²) in [6.45, 7) is 5.92. The van der Waals surface area contributed by atoms with E-state index >= 15 is 0 Å². The third kappa shape index (κ3) is 2.49. The number of pyridine rings is 1. The molecule has 17 heavy (non-hydrogen) atoms. The summed E-state index contributed by atoms with van der Waals surface area (Å²) < 4.78 is 8.26. The third-order valence-corrected chi connectivity index (χ3v) is 3.14. The van der Waals surface area contributed by atoms with E-state index < -0.39 is 0 Å². The SMILES string of the molecule is Cc1c(Br)c(OC(C)C)nn1-c1ccccn1. The van der Waals surface area contributed by atoms with Crippen molar-refractivity contribution in [2.75, 3.05) is 0 Å². The van der Waals surface area contributed by atoms with Gasteiger partial charge in [-0.2, -0.15) is 0 Å². The fourth-order valence-electron chi connectivity index (χ4n) is 1.46. The Kier molecular flexibility index (Phi) is 3.47. The molecule has 0 aliphatic rings. The van der Waals surface area contributed by atoms with Crippen molar-refractivity contribution in [3.63, 3.8) is 0 Å². The van der Waals surface area contributed by atoms with Gasteiger partial charge in [0.2, 0.25) is 5.88 Å². The first-order valence-corrected chi connectivity index (χ1v) is 6.22. The summed E-state index contributed by atoms with van der Waals surface area (Å²) in [5.41, 5.74) is 0.972. The number of hydrogen-bond acceptors (Lipinski definition) is 3. The van der Waals surface area contributed by atoms with E-state index in [1.807, 2.05) is 39.0 Å². The average molecular weight is 296 g/mol. The van der Waals surface area contributed by atoms with Crippen LogP contribution in [0.5, 0.6) is 5.88 Å². The van der Waals surface area contributed by atoms with Gasteiger partial charge in [-0.3, -0.25) is 0 Å². The van der Waals surface area contributed by atoms with E-state index in [1.54, 1.807) is 10.9 Å². The van der Waals surface area contributed by atoms with Crippen LogP contribution in [-0.2, 0) is 0 Å². The molecule has 0 aromatic carbocycles. The van der Waals surface area contributed by atoms with Crippen molar-refractivity contribution in [3.05, 3.63) is 34.6 Å². The van der Waals surface area contributed by atoms with Crippen LogP contribution >= 0.6 is 15.9 Å². The molecule has 0 N–H and O–H groups in total. The van der Waals surface area contributed by atoms with Crippen molar-refractivity contribution in [1.82, 2.24) is 14.8 Å². The fourth-order valence-corrected chi connectivity index (χ4v) is 1.80. The van der Waals surface area contributed by atoms with Crippen LogP contribution in [0.3, 0.4) is 0 Å². The molecule has 0 unspecified atom stereocenters. The van der Waals surface area contributed by atoms with Gasteiger partial charge in [0.1, 0.15) is 4.47 Å². The van der Waals surface area contributed by atoms with Crippen molar-refractivity contribution in [1.29, 1.82) is 0 Å². The lowest BCUT2D eigenvalue weighted by molar-refractivity contribution is 0.230. The zero-order valence-corrected chi connectivity index (χ0v) is 11.6. The van der Waals surface area contributed by atoms with Crippen LogP contribution in [-0.4, -0.2) is 20.9 Å². The lowest BCUT2D eigenvalue weighted by atomic mass is 10.4. The van der Waals surface area contributed by atoms with Crippen molar-refractivity contribution >= 4 is 15.9 Å². The standard InChI is InChI=1S/C12H14BrN3O/c1-8(2)17-12-11(13)9(3)16(15-12)10-6-4-5-7-14-10/h4-8H,1-3H3. The van der Waals surface area contributed by atoms with Crippen molar-refractivity contribution < 1.29 is 4.74 Å². The molecule has 90 valence electrons. The Morgan fingerprint density at radius 1 is 1.35 bits per heavy atom. The van der Waals surface area contributed by atoms with Crippen LogP contribution in [0.4, 0.5) is 0 Å². The zero-order valence-electron chi connectivity index (χ0n) is 10.0. The second-order valence-electron chi connectivity index (χ2n) is 3.97. The predicted octanol–water partition coefficient (Wildman–Crippen LogP) is 3.13. The summed E-state index contributed by atoms with van der Waals surface area (Å²) in [5, 5.41) is 4.40. The van der Waals surface area contributed by atoms with E-state index in [-0.39, 0.29) is 6.10 Å². The van der Waals surface area contributed by atoms with Gasteiger partial charge >= 0.3 is 0 Å². The predicted molar refractivity (Wildman–Crippen MR) is 69.6 cm³/mol. The minimum atomic E-state index is 0.0952. The molecular formula is C12H14BrN3O. The number of aromatic nitrogens is 3. The zero-order chi connectivity index (χ0) is 12.4. The Bertz CT molecular complexity index is 508. The molecule has 2 aromatic heterocycles. The van der Waals surface area contributed by atoms with E-state index in [0.717, 1.165) is 16.0 Å². The number of hydrogen-bond donors (Lipinski definition) is 0. The second-order valence-corrected chi connectivity index (χ2v) is 4.76. The van der Waals surface area contributed by atoms with Gasteiger partial charge < -0.3 is 4.74 Å². The molecule has 4 nitrogen and oxygen atoms in total. The quantitative estimate of drug-likeness (QED) is 0.873. The highest BCUT2D eigenvalue weighted by Crippen LogP contribution is 2.29. The van der Waals surface area contributed by atoms with Crippen LogP contribution < -0.4 is 4.74 Å². The molecule has 2 rings (SSSR count). The van der Waals surface area contributed by atoms with Crippen LogP contribution in [0.1, 0.15) is 19.5 Å². The average Bonchev–Trinajstić information content (AvgIpc) is 2.58. The van der Waals surface area contributed by atoms with Gasteiger partial charge in [-0.15, -0.1) is 5.10 Å². The highest BCUT2D eigenvalue weighted by Gasteiger charge is 2.16. The summed E-state index contributed by atoms with van der Waals surface area (Å²) in [5.74, 6) is 1.38. The van der Waals surface area contributed by atoms with Crippen molar-refractivity contribution in [2.24, 2.45) is 0 Å². The molecule has 2 heterocycles. The summed E-state index contributed by atoms with van der Waals surface area (Å²) >= 11 is 3.49. The van der Waals surface area contributed by atoms with Crippen molar-refractivity contribution in [2.45, 2.75) is 26.9 Å². The minimum Gasteiger partial charge on any atom is -0.473 e. The normalized spacial score (nSPS) is 10.9. The maximum absolute atomic E-state index is 5.62. The van der Waals surface area contributed by atoms with Gasteiger partial charge in [0.25, 0.3) is 0 Å². The Hall–Kier alpha value is -1.36. The molecule has 5 heteroatoms. The highest BCUT2D eigenvalue weighted by molar-refractivity contribution is 9.10. The molecule has 0 atom stereocenters. The van der Waals surface area contributed by atoms with Gasteiger partial charge in [0, 0.05) is 6.20 Å². The monoisotopic (exact) mass is 295 g/mol. The first-order valence-electron chi connectivity index (χ1n) is 5.42. The Morgan fingerprint density at radius 2 is 2.12 bits per heavy atom. The smallest absolute Gasteiger partial charge is 0.248 e. The van der Waals surface area contributed by atoms with E-state index in [4.69, 9.17) is 4.74 Å². The lowest BCUT2D eigenvalue weighted by Crippen LogP contribution is -2.07. The molecule has 2 aromatic rings. The lowest BCUT2D eigenvalue weighted by Gasteiger charge is -2.05. The fraction of sp³-hybridized carbons (Fsp3) is 0.333. The maximum Gasteiger partial charge on any atom is 0.248 e. The van der Waals surface area contributed by atoms with E-state index in [9.17, 15) is 0 Å². The highest BCUT2D eigenvalue weighted by atomic mass is 79.9. The van der Waals surface area contributed by atoms with Gasteiger partial charge in [0.05, 0.1) is 11.8 Å². The molecular weight excluding hydrogens is 282 g/mol. The molecule has 0 fully saturated rings. The molecule has 0 spiro atoms. The minimum absolute atomic E-state index is 0.0952. The first-order chi connectivity index (χ1) is 8.09. The molecule has 0 saturated heterocycles. The second kappa shape index (κ2) is 4.87. The van der Waals surface area contributed by atoms with Crippen LogP contribution in [0.15, 0.2) is 28.9 Å². The summed E-state index contributed by atoms with van der Waals surface area (Å²) in [6, 6.07) is 5.72. The van der Waals surface area contributed by atoms with E-state index in [1.165, 1.54) is 0 Å². The van der Waals surface area contributed by atoms with Crippen LogP contribution in [0.2, 0.25) is 0 Å². The largest absolute Gasteiger partial charge is 0.473 e. The van der Waals surface area contributed by atoms with Crippen molar-refractivity contribution in [3.8, 4) is 11.7 Å². The van der Waals surface area contributed by atoms with E-state index in [0.29, 0.717) is 5.88 Å².